The zero-order valence-electron chi connectivity index (χ0n) is 40.8. The van der Waals surface area contributed by atoms with Gasteiger partial charge in [0, 0.05) is 27.9 Å². The van der Waals surface area contributed by atoms with Crippen molar-refractivity contribution in [2.24, 2.45) is 0 Å². The van der Waals surface area contributed by atoms with Crippen LogP contribution >= 0.6 is 0 Å². The summed E-state index contributed by atoms with van der Waals surface area (Å²) in [5, 5.41) is 2.19. The smallest absolute Gasteiger partial charge is 0.159 e. The Kier molecular flexibility index (Phi) is 11.7. The molecule has 1 aromatic heterocycles. The minimum atomic E-state index is -0.139. The Labute approximate surface area is 422 Å². The third kappa shape index (κ3) is 7.98. The molecule has 0 aliphatic carbocycles. The summed E-state index contributed by atoms with van der Waals surface area (Å²) in [6.07, 6.45) is 0. The number of benzene rings is 11. The van der Waals surface area contributed by atoms with E-state index in [1.807, 2.05) is 6.07 Å². The van der Waals surface area contributed by atoms with Crippen molar-refractivity contribution in [1.82, 2.24) is 0 Å². The molecule has 0 fully saturated rings. The van der Waals surface area contributed by atoms with E-state index in [0.29, 0.717) is 0 Å². The monoisotopic (exact) mass is 923 g/mol. The van der Waals surface area contributed by atoms with Crippen molar-refractivity contribution >= 4 is 39.0 Å². The van der Waals surface area contributed by atoms with E-state index in [1.165, 1.54) is 72.3 Å². The van der Waals surface area contributed by atoms with E-state index in [-0.39, 0.29) is 5.92 Å². The van der Waals surface area contributed by atoms with Gasteiger partial charge in [-0.25, -0.2) is 0 Å². The van der Waals surface area contributed by atoms with Crippen LogP contribution in [0.15, 0.2) is 265 Å². The van der Waals surface area contributed by atoms with Crippen LogP contribution in [0, 0.1) is 20.8 Å². The third-order valence-electron chi connectivity index (χ3n) is 14.5. The molecule has 12 rings (SSSR count). The summed E-state index contributed by atoms with van der Waals surface area (Å²) in [6.45, 7) is 6.70. The highest BCUT2D eigenvalue weighted by Gasteiger charge is 2.29. The summed E-state index contributed by atoms with van der Waals surface area (Å²) in [4.78, 5) is 2.37. The van der Waals surface area contributed by atoms with Crippen LogP contribution in [0.1, 0.15) is 39.3 Å². The fourth-order valence-electron chi connectivity index (χ4n) is 11.1. The highest BCUT2D eigenvalue weighted by atomic mass is 16.3. The summed E-state index contributed by atoms with van der Waals surface area (Å²) >= 11 is 0. The predicted molar refractivity (Wildman–Crippen MR) is 304 cm³/mol. The van der Waals surface area contributed by atoms with Gasteiger partial charge in [0.2, 0.25) is 0 Å². The lowest BCUT2D eigenvalue weighted by atomic mass is 9.74. The maximum absolute atomic E-state index is 6.78. The van der Waals surface area contributed by atoms with Crippen molar-refractivity contribution < 1.29 is 4.42 Å². The summed E-state index contributed by atoms with van der Waals surface area (Å²) in [5.74, 6) is -0.139. The van der Waals surface area contributed by atoms with E-state index >= 15 is 0 Å². The van der Waals surface area contributed by atoms with Crippen LogP contribution in [0.3, 0.4) is 0 Å². The van der Waals surface area contributed by atoms with Crippen LogP contribution in [-0.4, -0.2) is 0 Å². The summed E-state index contributed by atoms with van der Waals surface area (Å²) in [7, 11) is 0. The molecule has 2 nitrogen and oxygen atoms in total. The van der Waals surface area contributed by atoms with E-state index < -0.39 is 0 Å². The molecule has 11 aromatic carbocycles. The Morgan fingerprint density at radius 3 is 1.39 bits per heavy atom. The molecular weight excluding hydrogens is 871 g/mol. The molecule has 0 N–H and O–H groups in total. The van der Waals surface area contributed by atoms with Crippen molar-refractivity contribution in [3.05, 3.63) is 294 Å². The van der Waals surface area contributed by atoms with Gasteiger partial charge in [-0.05, 0) is 135 Å². The molecule has 344 valence electrons. The highest BCUT2D eigenvalue weighted by Crippen LogP contribution is 2.50. The number of fused-ring (bicyclic) bond motifs is 3. The number of hydrogen-bond donors (Lipinski definition) is 0. The van der Waals surface area contributed by atoms with Crippen LogP contribution < -0.4 is 4.90 Å². The SMILES string of the molecule is Cc1ccccc1-c1ccccc1C(c1ccccc1-c1ccccc1C)c1cccc(-c2ccc(N(c3ccccc3-c3ccccc3)c3cccc4c3oc3ccccc34)cc2)c1-c1ccccc1C. The molecule has 0 radical (unpaired) electrons. The van der Waals surface area contributed by atoms with E-state index in [4.69, 9.17) is 4.42 Å². The molecular formula is C70H53NO. The Morgan fingerprint density at radius 1 is 0.306 bits per heavy atom. The fourth-order valence-corrected chi connectivity index (χ4v) is 11.1. The van der Waals surface area contributed by atoms with E-state index in [0.717, 1.165) is 55.7 Å². The van der Waals surface area contributed by atoms with Crippen molar-refractivity contribution in [3.8, 4) is 55.6 Å². The maximum Gasteiger partial charge on any atom is 0.159 e. The van der Waals surface area contributed by atoms with Crippen molar-refractivity contribution in [2.75, 3.05) is 4.90 Å². The number of hydrogen-bond acceptors (Lipinski definition) is 2. The van der Waals surface area contributed by atoms with Gasteiger partial charge in [-0.15, -0.1) is 0 Å². The zero-order chi connectivity index (χ0) is 48.5. The number of para-hydroxylation sites is 3. The van der Waals surface area contributed by atoms with Gasteiger partial charge in [0.05, 0.1) is 11.4 Å². The Hall–Kier alpha value is -8.98. The summed E-state index contributed by atoms with van der Waals surface area (Å²) < 4.78 is 6.78. The number of furan rings is 1. The van der Waals surface area contributed by atoms with Gasteiger partial charge in [-0.1, -0.05) is 231 Å². The van der Waals surface area contributed by atoms with Gasteiger partial charge in [0.15, 0.2) is 5.58 Å². The van der Waals surface area contributed by atoms with Crippen LogP contribution in [-0.2, 0) is 0 Å². The molecule has 0 spiro atoms. The predicted octanol–water partition coefficient (Wildman–Crippen LogP) is 19.5. The van der Waals surface area contributed by atoms with Gasteiger partial charge in [-0.3, -0.25) is 0 Å². The molecule has 0 amide bonds. The number of aryl methyl sites for hydroxylation is 3. The fraction of sp³-hybridized carbons (Fsp3) is 0.0571. The van der Waals surface area contributed by atoms with Crippen LogP contribution in [0.25, 0.3) is 77.6 Å². The normalized spacial score (nSPS) is 11.4. The molecule has 0 unspecified atom stereocenters. The van der Waals surface area contributed by atoms with E-state index in [2.05, 4.69) is 280 Å². The third-order valence-corrected chi connectivity index (χ3v) is 14.5. The number of rotatable bonds is 11. The maximum atomic E-state index is 6.78. The van der Waals surface area contributed by atoms with Gasteiger partial charge in [0.25, 0.3) is 0 Å². The van der Waals surface area contributed by atoms with Gasteiger partial charge in [-0.2, -0.15) is 0 Å². The molecule has 0 saturated carbocycles. The number of anilines is 3. The first-order valence-electron chi connectivity index (χ1n) is 25.0. The Balaban J connectivity index is 1.09. The highest BCUT2D eigenvalue weighted by molar-refractivity contribution is 6.11. The number of nitrogens with zero attached hydrogens (tertiary/aromatic N) is 1. The molecule has 0 bridgehead atoms. The van der Waals surface area contributed by atoms with Crippen LogP contribution in [0.5, 0.6) is 0 Å². The minimum Gasteiger partial charge on any atom is -0.454 e. The standard InChI is InChI=1S/C70H53NO/c1-47-23-7-10-28-53(47)58-32-13-15-35-61(58)69(62-36-16-14-33-59(62)54-29-11-8-24-48(54)2)64-39-21-37-57(68(64)55-30-12-9-25-49(55)3)51-43-45-52(46-44-51)71(65-40-19-17-31-56(65)50-26-5-4-6-27-50)66-41-22-38-63-60-34-18-20-42-67(60)72-70(63)66/h4-46,69H,1-3H3. The van der Waals surface area contributed by atoms with E-state index in [1.54, 1.807) is 0 Å². The van der Waals surface area contributed by atoms with Crippen molar-refractivity contribution in [3.63, 3.8) is 0 Å². The minimum absolute atomic E-state index is 0.139. The molecule has 2 heteroatoms. The molecule has 0 saturated heterocycles. The molecule has 1 heterocycles. The second kappa shape index (κ2) is 19.1. The molecule has 0 aliphatic heterocycles. The second-order valence-corrected chi connectivity index (χ2v) is 18.8. The lowest BCUT2D eigenvalue weighted by Gasteiger charge is -2.29. The topological polar surface area (TPSA) is 16.4 Å². The lowest BCUT2D eigenvalue weighted by Crippen LogP contribution is -2.11. The van der Waals surface area contributed by atoms with Crippen LogP contribution in [0.4, 0.5) is 17.1 Å². The van der Waals surface area contributed by atoms with Gasteiger partial charge >= 0.3 is 0 Å². The Bertz CT molecular complexity index is 3830. The quantitative estimate of drug-likeness (QED) is 0.120. The van der Waals surface area contributed by atoms with Crippen LogP contribution in [0.2, 0.25) is 0 Å². The largest absolute Gasteiger partial charge is 0.454 e. The zero-order valence-corrected chi connectivity index (χ0v) is 40.8. The molecule has 0 atom stereocenters. The van der Waals surface area contributed by atoms with Gasteiger partial charge in [0.1, 0.15) is 5.58 Å². The average Bonchev–Trinajstić information content (AvgIpc) is 3.82. The second-order valence-electron chi connectivity index (χ2n) is 18.8. The first-order valence-corrected chi connectivity index (χ1v) is 25.0. The molecule has 12 aromatic rings. The molecule has 72 heavy (non-hydrogen) atoms. The van der Waals surface area contributed by atoms with E-state index in [9.17, 15) is 0 Å². The Morgan fingerprint density at radius 2 is 0.750 bits per heavy atom. The van der Waals surface area contributed by atoms with Crippen molar-refractivity contribution in [1.29, 1.82) is 0 Å². The van der Waals surface area contributed by atoms with Crippen molar-refractivity contribution in [2.45, 2.75) is 26.7 Å². The van der Waals surface area contributed by atoms with Gasteiger partial charge < -0.3 is 9.32 Å². The molecule has 0 aliphatic rings. The lowest BCUT2D eigenvalue weighted by molar-refractivity contribution is 0.669. The average molecular weight is 924 g/mol. The summed E-state index contributed by atoms with van der Waals surface area (Å²) in [6, 6.07) is 95.0. The first-order chi connectivity index (χ1) is 35.5. The summed E-state index contributed by atoms with van der Waals surface area (Å²) in [5.41, 5.74) is 24.3. The first kappa shape index (κ1) is 44.2.